The number of benzene rings is 2. The van der Waals surface area contributed by atoms with E-state index in [0.717, 1.165) is 35.9 Å². The summed E-state index contributed by atoms with van der Waals surface area (Å²) in [5.41, 5.74) is 2.92. The number of aromatic nitrogens is 3. The maximum Gasteiger partial charge on any atom is 0.234 e. The van der Waals surface area contributed by atoms with Gasteiger partial charge in [0.05, 0.1) is 5.75 Å². The Morgan fingerprint density at radius 2 is 1.80 bits per heavy atom. The molecular weight excluding hydrogens is 394 g/mol. The molecule has 0 bridgehead atoms. The number of anilines is 2. The molecule has 0 aliphatic heterocycles. The molecule has 3 rings (SSSR count). The lowest BCUT2D eigenvalue weighted by Crippen LogP contribution is -2.21. The lowest BCUT2D eigenvalue weighted by atomic mass is 10.2. The van der Waals surface area contributed by atoms with Gasteiger partial charge in [0.2, 0.25) is 5.91 Å². The Morgan fingerprint density at radius 1 is 1.10 bits per heavy atom. The zero-order valence-corrected chi connectivity index (χ0v) is 18.2. The van der Waals surface area contributed by atoms with Crippen molar-refractivity contribution >= 4 is 29.0 Å². The third kappa shape index (κ3) is 5.30. The van der Waals surface area contributed by atoms with Gasteiger partial charge in [0.1, 0.15) is 0 Å². The summed E-state index contributed by atoms with van der Waals surface area (Å²) in [5, 5.41) is 12.2. The van der Waals surface area contributed by atoms with Gasteiger partial charge in [0.25, 0.3) is 0 Å². The minimum atomic E-state index is -0.0787. The second-order valence-electron chi connectivity index (χ2n) is 6.63. The first kappa shape index (κ1) is 21.6. The predicted molar refractivity (Wildman–Crippen MR) is 125 cm³/mol. The molecule has 7 heteroatoms. The number of amides is 1. The maximum absolute atomic E-state index is 12.4. The number of carbonyl (C=O) groups excluding carboxylic acids is 1. The molecule has 3 aromatic rings. The lowest BCUT2D eigenvalue weighted by molar-refractivity contribution is -0.113. The van der Waals surface area contributed by atoms with Crippen LogP contribution < -0.4 is 10.2 Å². The zero-order valence-electron chi connectivity index (χ0n) is 17.4. The van der Waals surface area contributed by atoms with Crippen LogP contribution in [0.15, 0.2) is 72.4 Å². The highest BCUT2D eigenvalue weighted by atomic mass is 32.2. The minimum Gasteiger partial charge on any atom is -0.372 e. The highest BCUT2D eigenvalue weighted by molar-refractivity contribution is 7.99. The van der Waals surface area contributed by atoms with Crippen molar-refractivity contribution in [1.29, 1.82) is 0 Å². The number of thioether (sulfide) groups is 1. The molecule has 0 unspecified atom stereocenters. The second kappa shape index (κ2) is 10.6. The highest BCUT2D eigenvalue weighted by Gasteiger charge is 2.15. The van der Waals surface area contributed by atoms with Crippen molar-refractivity contribution in [2.45, 2.75) is 25.5 Å². The average Bonchev–Trinajstić information content (AvgIpc) is 3.18. The van der Waals surface area contributed by atoms with E-state index in [4.69, 9.17) is 0 Å². The van der Waals surface area contributed by atoms with Crippen LogP contribution in [0.1, 0.15) is 13.8 Å². The smallest absolute Gasteiger partial charge is 0.234 e. The fourth-order valence-electron chi connectivity index (χ4n) is 3.16. The van der Waals surface area contributed by atoms with Gasteiger partial charge in [0, 0.05) is 36.6 Å². The number of nitrogens with one attached hydrogen (secondary N) is 1. The van der Waals surface area contributed by atoms with Crippen molar-refractivity contribution in [3.05, 3.63) is 67.3 Å². The number of allylic oxidation sites excluding steroid dienone is 1. The summed E-state index contributed by atoms with van der Waals surface area (Å²) in [7, 11) is 0. The molecule has 0 atom stereocenters. The number of carbonyl (C=O) groups is 1. The number of hydrogen-bond acceptors (Lipinski definition) is 5. The molecule has 2 aromatic carbocycles. The maximum atomic E-state index is 12.4. The van der Waals surface area contributed by atoms with Crippen LogP contribution in [0.2, 0.25) is 0 Å². The summed E-state index contributed by atoms with van der Waals surface area (Å²) < 4.78 is 1.97. The standard InChI is InChI=1S/C23H27N5OS/c1-4-16-28-22(18-10-8-7-9-11-18)25-26-23(28)30-17-21(29)24-19-12-14-20(15-13-19)27(5-2)6-3/h4,7-15H,1,5-6,16-17H2,2-3H3,(H,24,29). The van der Waals surface area contributed by atoms with Crippen molar-refractivity contribution < 1.29 is 4.79 Å². The van der Waals surface area contributed by atoms with Crippen molar-refractivity contribution in [2.24, 2.45) is 0 Å². The van der Waals surface area contributed by atoms with Gasteiger partial charge < -0.3 is 10.2 Å². The summed E-state index contributed by atoms with van der Waals surface area (Å²) in [4.78, 5) is 14.7. The Kier molecular flexibility index (Phi) is 7.68. The molecular formula is C23H27N5OS. The van der Waals surface area contributed by atoms with E-state index in [2.05, 4.69) is 40.8 Å². The molecule has 0 fully saturated rings. The molecule has 1 amide bonds. The van der Waals surface area contributed by atoms with Crippen LogP contribution in [0.3, 0.4) is 0 Å². The van der Waals surface area contributed by atoms with Crippen LogP contribution in [-0.2, 0) is 11.3 Å². The van der Waals surface area contributed by atoms with Gasteiger partial charge in [-0.1, -0.05) is 48.2 Å². The van der Waals surface area contributed by atoms with Crippen molar-refractivity contribution in [2.75, 3.05) is 29.1 Å². The Morgan fingerprint density at radius 3 is 2.43 bits per heavy atom. The fourth-order valence-corrected chi connectivity index (χ4v) is 3.91. The van der Waals surface area contributed by atoms with Crippen LogP contribution in [0.25, 0.3) is 11.4 Å². The third-order valence-electron chi connectivity index (χ3n) is 4.67. The normalized spacial score (nSPS) is 10.6. The van der Waals surface area contributed by atoms with Crippen molar-refractivity contribution in [1.82, 2.24) is 14.8 Å². The monoisotopic (exact) mass is 421 g/mol. The van der Waals surface area contributed by atoms with Crippen LogP contribution in [0.5, 0.6) is 0 Å². The molecule has 1 aromatic heterocycles. The van der Waals surface area contributed by atoms with Gasteiger partial charge in [-0.05, 0) is 38.1 Å². The molecule has 30 heavy (non-hydrogen) atoms. The SMILES string of the molecule is C=CCn1c(SCC(=O)Nc2ccc(N(CC)CC)cc2)nnc1-c1ccccc1. The largest absolute Gasteiger partial charge is 0.372 e. The Balaban J connectivity index is 1.63. The quantitative estimate of drug-likeness (QED) is 0.379. The number of hydrogen-bond donors (Lipinski definition) is 1. The highest BCUT2D eigenvalue weighted by Crippen LogP contribution is 2.24. The van der Waals surface area contributed by atoms with Gasteiger partial charge in [-0.15, -0.1) is 16.8 Å². The first-order valence-electron chi connectivity index (χ1n) is 10.0. The van der Waals surface area contributed by atoms with Crippen LogP contribution in [-0.4, -0.2) is 39.5 Å². The Bertz CT molecular complexity index is 965. The van der Waals surface area contributed by atoms with Gasteiger partial charge in [-0.2, -0.15) is 0 Å². The third-order valence-corrected chi connectivity index (χ3v) is 5.64. The summed E-state index contributed by atoms with van der Waals surface area (Å²) >= 11 is 1.37. The minimum absolute atomic E-state index is 0.0787. The van der Waals surface area contributed by atoms with Gasteiger partial charge in [-0.3, -0.25) is 9.36 Å². The summed E-state index contributed by atoms with van der Waals surface area (Å²) in [6, 6.07) is 17.8. The van der Waals surface area contributed by atoms with Crippen molar-refractivity contribution in [3.63, 3.8) is 0 Å². The van der Waals surface area contributed by atoms with E-state index in [1.54, 1.807) is 6.08 Å². The molecule has 1 heterocycles. The average molecular weight is 422 g/mol. The molecule has 0 aliphatic rings. The molecule has 0 saturated heterocycles. The molecule has 1 N–H and O–H groups in total. The summed E-state index contributed by atoms with van der Waals surface area (Å²) in [6.07, 6.45) is 1.80. The fraction of sp³-hybridized carbons (Fsp3) is 0.261. The van der Waals surface area contributed by atoms with E-state index in [1.807, 2.05) is 59.2 Å². The predicted octanol–water partition coefficient (Wildman–Crippen LogP) is 4.71. The topological polar surface area (TPSA) is 63.1 Å². The van der Waals surface area contributed by atoms with Crippen LogP contribution >= 0.6 is 11.8 Å². The van der Waals surface area contributed by atoms with Crippen molar-refractivity contribution in [3.8, 4) is 11.4 Å². The second-order valence-corrected chi connectivity index (χ2v) is 7.57. The molecule has 0 aliphatic carbocycles. The Labute approximate surface area is 182 Å². The number of nitrogens with zero attached hydrogens (tertiary/aromatic N) is 4. The lowest BCUT2D eigenvalue weighted by Gasteiger charge is -2.21. The molecule has 156 valence electrons. The van der Waals surface area contributed by atoms with Crippen LogP contribution in [0, 0.1) is 0 Å². The first-order chi connectivity index (χ1) is 14.7. The van der Waals surface area contributed by atoms with E-state index in [1.165, 1.54) is 11.8 Å². The van der Waals surface area contributed by atoms with Gasteiger partial charge >= 0.3 is 0 Å². The summed E-state index contributed by atoms with van der Waals surface area (Å²) in [6.45, 7) is 10.6. The van der Waals surface area contributed by atoms with E-state index in [0.29, 0.717) is 11.7 Å². The van der Waals surface area contributed by atoms with Crippen LogP contribution in [0.4, 0.5) is 11.4 Å². The van der Waals surface area contributed by atoms with E-state index in [-0.39, 0.29) is 11.7 Å². The first-order valence-corrected chi connectivity index (χ1v) is 11.0. The van der Waals surface area contributed by atoms with E-state index in [9.17, 15) is 4.79 Å². The number of rotatable bonds is 10. The van der Waals surface area contributed by atoms with E-state index < -0.39 is 0 Å². The zero-order chi connectivity index (χ0) is 21.3. The van der Waals surface area contributed by atoms with Gasteiger partial charge in [0.15, 0.2) is 11.0 Å². The Hall–Kier alpha value is -3.06. The van der Waals surface area contributed by atoms with E-state index >= 15 is 0 Å². The molecule has 6 nitrogen and oxygen atoms in total. The molecule has 0 radical (unpaired) electrons. The van der Waals surface area contributed by atoms with Gasteiger partial charge in [-0.25, -0.2) is 0 Å². The summed E-state index contributed by atoms with van der Waals surface area (Å²) in [5.74, 6) is 0.942. The molecule has 0 spiro atoms. The molecule has 0 saturated carbocycles.